The summed E-state index contributed by atoms with van der Waals surface area (Å²) >= 11 is 0. The van der Waals surface area contributed by atoms with Gasteiger partial charge in [-0.3, -0.25) is 0 Å². The smallest absolute Gasteiger partial charge is 0.335 e. The third-order valence-electron chi connectivity index (χ3n) is 4.51. The van der Waals surface area contributed by atoms with Crippen molar-refractivity contribution < 1.29 is 9.90 Å². The van der Waals surface area contributed by atoms with Crippen LogP contribution in [0.4, 0.5) is 5.69 Å². The molecular formula is C19H17N5O2. The molecule has 0 aliphatic carbocycles. The first kappa shape index (κ1) is 16.0. The zero-order valence-electron chi connectivity index (χ0n) is 14.1. The van der Waals surface area contributed by atoms with Crippen LogP contribution >= 0.6 is 0 Å². The average Bonchev–Trinajstić information content (AvgIpc) is 3.03. The minimum absolute atomic E-state index is 0.194. The third kappa shape index (κ3) is 2.63. The Hall–Kier alpha value is -3.48. The average molecular weight is 347 g/mol. The van der Waals surface area contributed by atoms with Crippen molar-refractivity contribution in [3.8, 4) is 0 Å². The van der Waals surface area contributed by atoms with Crippen LogP contribution in [0.1, 0.15) is 21.5 Å². The molecule has 130 valence electrons. The van der Waals surface area contributed by atoms with Crippen molar-refractivity contribution in [3.63, 3.8) is 0 Å². The molecule has 3 N–H and O–H groups in total. The summed E-state index contributed by atoms with van der Waals surface area (Å²) in [7, 11) is 0. The summed E-state index contributed by atoms with van der Waals surface area (Å²) in [5, 5.41) is 15.7. The maximum Gasteiger partial charge on any atom is 0.335 e. The molecule has 0 radical (unpaired) electrons. The third-order valence-corrected chi connectivity index (χ3v) is 4.51. The minimum atomic E-state index is -0.987. The molecule has 2 unspecified atom stereocenters. The van der Waals surface area contributed by atoms with Crippen LogP contribution in [-0.4, -0.2) is 35.1 Å². The van der Waals surface area contributed by atoms with E-state index in [1.807, 2.05) is 37.3 Å². The maximum atomic E-state index is 11.3. The lowest BCUT2D eigenvalue weighted by molar-refractivity contribution is 0.0697. The number of hydrazone groups is 1. The molecule has 7 heteroatoms. The van der Waals surface area contributed by atoms with Crippen LogP contribution in [0.25, 0.3) is 0 Å². The van der Waals surface area contributed by atoms with Gasteiger partial charge in [-0.2, -0.15) is 5.10 Å². The Balaban J connectivity index is 1.81. The number of nitrogens with zero attached hydrogens (tertiary/aromatic N) is 4. The predicted molar refractivity (Wildman–Crippen MR) is 101 cm³/mol. The zero-order valence-corrected chi connectivity index (χ0v) is 14.1. The molecule has 2 aromatic rings. The van der Waals surface area contributed by atoms with Crippen LogP contribution in [0.5, 0.6) is 0 Å². The van der Waals surface area contributed by atoms with Crippen molar-refractivity contribution in [2.24, 2.45) is 26.7 Å². The number of carbonyl (C=O) groups is 1. The molecule has 0 fully saturated rings. The number of anilines is 1. The van der Waals surface area contributed by atoms with Gasteiger partial charge in [0.05, 0.1) is 17.0 Å². The maximum absolute atomic E-state index is 11.3. The molecule has 4 rings (SSSR count). The van der Waals surface area contributed by atoms with Gasteiger partial charge in [0, 0.05) is 0 Å². The zero-order chi connectivity index (χ0) is 18.3. The van der Waals surface area contributed by atoms with Crippen LogP contribution in [-0.2, 0) is 0 Å². The van der Waals surface area contributed by atoms with Gasteiger partial charge in [0.2, 0.25) is 0 Å². The number of rotatable bonds is 3. The number of amidine groups is 1. The van der Waals surface area contributed by atoms with Gasteiger partial charge < -0.3 is 10.8 Å². The largest absolute Gasteiger partial charge is 0.478 e. The fourth-order valence-corrected chi connectivity index (χ4v) is 3.16. The van der Waals surface area contributed by atoms with Gasteiger partial charge in [0.1, 0.15) is 18.1 Å². The number of nitrogens with two attached hydrogens (primary N) is 1. The molecule has 2 aliphatic heterocycles. The molecule has 7 nitrogen and oxygen atoms in total. The number of carboxylic acid groups (broad SMARTS) is 1. The van der Waals surface area contributed by atoms with Gasteiger partial charge in [0.25, 0.3) is 0 Å². The van der Waals surface area contributed by atoms with Crippen molar-refractivity contribution in [1.29, 1.82) is 0 Å². The normalized spacial score (nSPS) is 21.2. The van der Waals surface area contributed by atoms with E-state index in [1.54, 1.807) is 23.2 Å². The number of carboxylic acids is 1. The molecule has 26 heavy (non-hydrogen) atoms. The van der Waals surface area contributed by atoms with Gasteiger partial charge in [-0.25, -0.2) is 19.8 Å². The van der Waals surface area contributed by atoms with Gasteiger partial charge in [-0.05, 0) is 30.7 Å². The summed E-state index contributed by atoms with van der Waals surface area (Å²) in [5.41, 5.74) is 9.86. The Morgan fingerprint density at radius 1 is 1.19 bits per heavy atom. The molecule has 0 spiro atoms. The van der Waals surface area contributed by atoms with E-state index in [0.717, 1.165) is 16.8 Å². The highest BCUT2D eigenvalue weighted by Gasteiger charge is 2.42. The van der Waals surface area contributed by atoms with E-state index < -0.39 is 5.97 Å². The summed E-state index contributed by atoms with van der Waals surface area (Å²) in [5.74, 6) is -0.823. The van der Waals surface area contributed by atoms with E-state index in [-0.39, 0.29) is 17.6 Å². The lowest BCUT2D eigenvalue weighted by atomic mass is 9.93. The van der Waals surface area contributed by atoms with E-state index >= 15 is 0 Å². The molecule has 2 atom stereocenters. The van der Waals surface area contributed by atoms with Crippen LogP contribution in [0.3, 0.4) is 0 Å². The lowest BCUT2D eigenvalue weighted by Gasteiger charge is -2.26. The standard InChI is InChI=1S/C19H17N5O2/c1-11-5-7-12(8-6-11)16-15-17(20)21-10-22-18(15)24(23-16)14-4-2-3-13(9-14)19(25)26/h2-10,15,18H,1H3,(H,25,26)(H2,20,21,22). The van der Waals surface area contributed by atoms with Crippen molar-refractivity contribution in [2.75, 3.05) is 5.01 Å². The first-order valence-corrected chi connectivity index (χ1v) is 8.17. The number of aryl methyl sites for hydroxylation is 1. The first-order valence-electron chi connectivity index (χ1n) is 8.17. The highest BCUT2D eigenvalue weighted by atomic mass is 16.4. The van der Waals surface area contributed by atoms with Crippen LogP contribution < -0.4 is 10.7 Å². The Morgan fingerprint density at radius 2 is 1.96 bits per heavy atom. The van der Waals surface area contributed by atoms with Crippen LogP contribution in [0.15, 0.2) is 63.6 Å². The van der Waals surface area contributed by atoms with Crippen LogP contribution in [0, 0.1) is 12.8 Å². The van der Waals surface area contributed by atoms with E-state index in [0.29, 0.717) is 11.5 Å². The second-order valence-corrected chi connectivity index (χ2v) is 6.26. The number of hydrogen-bond acceptors (Lipinski definition) is 6. The lowest BCUT2D eigenvalue weighted by Crippen LogP contribution is -2.42. The van der Waals surface area contributed by atoms with E-state index in [1.165, 1.54) is 6.34 Å². The molecule has 0 bridgehead atoms. The monoisotopic (exact) mass is 347 g/mol. The molecule has 0 aromatic heterocycles. The highest BCUT2D eigenvalue weighted by molar-refractivity contribution is 6.18. The molecular weight excluding hydrogens is 330 g/mol. The van der Waals surface area contributed by atoms with Crippen LogP contribution in [0.2, 0.25) is 0 Å². The Bertz CT molecular complexity index is 962. The fourth-order valence-electron chi connectivity index (χ4n) is 3.16. The van der Waals surface area contributed by atoms with Crippen molar-refractivity contribution in [1.82, 2.24) is 0 Å². The van der Waals surface area contributed by atoms with Gasteiger partial charge in [-0.1, -0.05) is 35.9 Å². The van der Waals surface area contributed by atoms with Crippen molar-refractivity contribution in [2.45, 2.75) is 13.1 Å². The molecule has 0 amide bonds. The molecule has 2 heterocycles. The van der Waals surface area contributed by atoms with Gasteiger partial charge in [0.15, 0.2) is 6.17 Å². The SMILES string of the molecule is Cc1ccc(C2=NN(c3cccc(C(=O)O)c3)C3N=CN=C(N)C23)cc1. The molecule has 2 aromatic carbocycles. The second-order valence-electron chi connectivity index (χ2n) is 6.26. The summed E-state index contributed by atoms with van der Waals surface area (Å²) in [6, 6.07) is 14.6. The number of fused-ring (bicyclic) bond motifs is 1. The molecule has 2 aliphatic rings. The topological polar surface area (TPSA) is 104 Å². The highest BCUT2D eigenvalue weighted by Crippen LogP contribution is 2.33. The number of benzene rings is 2. The summed E-state index contributed by atoms with van der Waals surface area (Å²) in [6.07, 6.45) is 1.05. The number of hydrogen-bond donors (Lipinski definition) is 2. The quantitative estimate of drug-likeness (QED) is 0.888. The molecule has 0 saturated heterocycles. The second kappa shape index (κ2) is 6.11. The fraction of sp³-hybridized carbons (Fsp3) is 0.158. The number of aliphatic imine (C=N–C) groups is 2. The summed E-state index contributed by atoms with van der Waals surface area (Å²) < 4.78 is 0. The van der Waals surface area contributed by atoms with Gasteiger partial charge in [-0.15, -0.1) is 0 Å². The first-order chi connectivity index (χ1) is 12.5. The summed E-state index contributed by atoms with van der Waals surface area (Å²) in [4.78, 5) is 19.9. The summed E-state index contributed by atoms with van der Waals surface area (Å²) in [6.45, 7) is 2.02. The van der Waals surface area contributed by atoms with E-state index in [9.17, 15) is 9.90 Å². The minimum Gasteiger partial charge on any atom is -0.478 e. The predicted octanol–water partition coefficient (Wildman–Crippen LogP) is 2.26. The van der Waals surface area contributed by atoms with E-state index in [2.05, 4.69) is 9.98 Å². The Labute approximate surface area is 150 Å². The van der Waals surface area contributed by atoms with Crippen molar-refractivity contribution in [3.05, 3.63) is 65.2 Å². The van der Waals surface area contributed by atoms with Crippen molar-refractivity contribution >= 4 is 29.5 Å². The number of aromatic carboxylic acids is 1. The molecule has 0 saturated carbocycles. The van der Waals surface area contributed by atoms with E-state index in [4.69, 9.17) is 10.8 Å². The van der Waals surface area contributed by atoms with Gasteiger partial charge >= 0.3 is 5.97 Å². The Kier molecular flexibility index (Phi) is 3.76. The Morgan fingerprint density at radius 3 is 2.69 bits per heavy atom.